The van der Waals surface area contributed by atoms with Gasteiger partial charge in [-0.25, -0.2) is 14.7 Å². The monoisotopic (exact) mass is 398 g/mol. The Labute approximate surface area is 168 Å². The van der Waals surface area contributed by atoms with Crippen LogP contribution in [0.15, 0.2) is 24.3 Å². The molecule has 1 aromatic carbocycles. The van der Waals surface area contributed by atoms with Crippen LogP contribution in [0.5, 0.6) is 0 Å². The van der Waals surface area contributed by atoms with Crippen LogP contribution in [0, 0.1) is 0 Å². The van der Waals surface area contributed by atoms with Gasteiger partial charge in [0.2, 0.25) is 0 Å². The van der Waals surface area contributed by atoms with Crippen molar-refractivity contribution < 1.29 is 9.59 Å². The van der Waals surface area contributed by atoms with Gasteiger partial charge in [-0.3, -0.25) is 9.69 Å². The van der Waals surface area contributed by atoms with Gasteiger partial charge in [-0.1, -0.05) is 37.8 Å². The number of rotatable bonds is 3. The Hall–Kier alpha value is -1.99. The van der Waals surface area contributed by atoms with E-state index in [0.29, 0.717) is 6.67 Å². The molecule has 3 aliphatic rings. The molecule has 0 unspecified atom stereocenters. The standard InChI is InChI=1S/C21H26N4O2S/c26-19-21(11-5-1-6-12-21)23-20(27)25(19)14-24-13-7-4-9-16(24)18-22-15-8-2-3-10-17(15)28-18/h2-3,8,10,16H,1,4-7,9,11-14H2,(H,23,27)/t16-/m1/s1. The minimum atomic E-state index is -0.642. The SMILES string of the molecule is O=C1NC2(CCCCC2)C(=O)N1CN1CCCC[C@@H]1c1nc2ccccc2s1. The van der Waals surface area contributed by atoms with Crippen molar-refractivity contribution in [3.05, 3.63) is 29.3 Å². The first-order chi connectivity index (χ1) is 13.7. The second-order valence-corrected chi connectivity index (χ2v) is 9.35. The Morgan fingerprint density at radius 3 is 2.75 bits per heavy atom. The van der Waals surface area contributed by atoms with Crippen LogP contribution in [-0.2, 0) is 4.79 Å². The first-order valence-electron chi connectivity index (χ1n) is 10.4. The summed E-state index contributed by atoms with van der Waals surface area (Å²) in [6, 6.07) is 8.16. The molecule has 3 heterocycles. The van der Waals surface area contributed by atoms with E-state index in [1.54, 1.807) is 11.3 Å². The molecule has 0 radical (unpaired) electrons. The van der Waals surface area contributed by atoms with E-state index in [-0.39, 0.29) is 18.0 Å². The number of amides is 3. The zero-order valence-corrected chi connectivity index (χ0v) is 16.8. The minimum absolute atomic E-state index is 0.0224. The molecular weight excluding hydrogens is 372 g/mol. The van der Waals surface area contributed by atoms with Crippen LogP contribution in [0.4, 0.5) is 4.79 Å². The zero-order chi connectivity index (χ0) is 19.1. The number of likely N-dealkylation sites (tertiary alicyclic amines) is 1. The Morgan fingerprint density at radius 2 is 1.93 bits per heavy atom. The Morgan fingerprint density at radius 1 is 1.11 bits per heavy atom. The van der Waals surface area contributed by atoms with Crippen LogP contribution in [0.3, 0.4) is 0 Å². The lowest BCUT2D eigenvalue weighted by atomic mass is 9.82. The molecule has 1 spiro atoms. The molecule has 2 saturated heterocycles. The van der Waals surface area contributed by atoms with E-state index in [1.165, 1.54) is 9.60 Å². The van der Waals surface area contributed by atoms with Gasteiger partial charge in [0.15, 0.2) is 0 Å². The maximum Gasteiger partial charge on any atom is 0.326 e. The van der Waals surface area contributed by atoms with Gasteiger partial charge < -0.3 is 5.32 Å². The lowest BCUT2D eigenvalue weighted by Crippen LogP contribution is -2.49. The summed E-state index contributed by atoms with van der Waals surface area (Å²) in [5.41, 5.74) is 0.389. The van der Waals surface area contributed by atoms with Gasteiger partial charge in [0.05, 0.1) is 22.9 Å². The van der Waals surface area contributed by atoms with Gasteiger partial charge >= 0.3 is 6.03 Å². The Balaban J connectivity index is 1.38. The number of thiazole rings is 1. The van der Waals surface area contributed by atoms with Crippen molar-refractivity contribution in [2.45, 2.75) is 62.9 Å². The Kier molecular flexibility index (Phi) is 4.59. The van der Waals surface area contributed by atoms with Crippen molar-refractivity contribution in [3.63, 3.8) is 0 Å². The van der Waals surface area contributed by atoms with Crippen LogP contribution >= 0.6 is 11.3 Å². The highest BCUT2D eigenvalue weighted by molar-refractivity contribution is 7.18. The highest BCUT2D eigenvalue weighted by Gasteiger charge is 2.51. The van der Waals surface area contributed by atoms with Gasteiger partial charge in [-0.2, -0.15) is 0 Å². The summed E-state index contributed by atoms with van der Waals surface area (Å²) < 4.78 is 1.19. The summed E-state index contributed by atoms with van der Waals surface area (Å²) in [6.45, 7) is 1.26. The third-order valence-corrected chi connectivity index (χ3v) is 7.62. The van der Waals surface area contributed by atoms with Crippen molar-refractivity contribution >= 4 is 33.5 Å². The summed E-state index contributed by atoms with van der Waals surface area (Å²) in [5.74, 6) is -0.0224. The van der Waals surface area contributed by atoms with Crippen molar-refractivity contribution in [2.75, 3.05) is 13.2 Å². The maximum atomic E-state index is 13.2. The van der Waals surface area contributed by atoms with Crippen LogP contribution < -0.4 is 5.32 Å². The summed E-state index contributed by atoms with van der Waals surface area (Å²) in [7, 11) is 0. The number of carbonyl (C=O) groups is 2. The molecule has 1 N–H and O–H groups in total. The molecule has 28 heavy (non-hydrogen) atoms. The van der Waals surface area contributed by atoms with E-state index in [1.807, 2.05) is 18.2 Å². The largest absolute Gasteiger partial charge is 0.326 e. The summed E-state index contributed by atoms with van der Waals surface area (Å²) >= 11 is 1.73. The average Bonchev–Trinajstić information content (AvgIpc) is 3.24. The number of benzene rings is 1. The lowest BCUT2D eigenvalue weighted by Gasteiger charge is -2.36. The molecule has 2 aromatic rings. The first kappa shape index (κ1) is 18.1. The van der Waals surface area contributed by atoms with Crippen LogP contribution in [-0.4, -0.2) is 45.5 Å². The predicted molar refractivity (Wildman–Crippen MR) is 109 cm³/mol. The van der Waals surface area contributed by atoms with Gasteiger partial charge in [0, 0.05) is 6.54 Å². The van der Waals surface area contributed by atoms with Crippen LogP contribution in [0.25, 0.3) is 10.2 Å². The summed E-state index contributed by atoms with van der Waals surface area (Å²) in [5, 5.41) is 4.13. The molecule has 148 valence electrons. The normalized spacial score (nSPS) is 25.6. The van der Waals surface area contributed by atoms with Crippen molar-refractivity contribution in [2.24, 2.45) is 0 Å². The number of hydrogen-bond donors (Lipinski definition) is 1. The molecule has 1 saturated carbocycles. The van der Waals surface area contributed by atoms with Crippen LogP contribution in [0.2, 0.25) is 0 Å². The number of hydrogen-bond acceptors (Lipinski definition) is 5. The van der Waals surface area contributed by atoms with E-state index in [2.05, 4.69) is 16.3 Å². The van der Waals surface area contributed by atoms with Crippen molar-refractivity contribution in [3.8, 4) is 0 Å². The average molecular weight is 399 g/mol. The van der Waals surface area contributed by atoms with E-state index in [9.17, 15) is 9.59 Å². The fourth-order valence-electron chi connectivity index (χ4n) is 4.95. The molecule has 1 aromatic heterocycles. The van der Waals surface area contributed by atoms with Gasteiger partial charge in [0.25, 0.3) is 5.91 Å². The molecule has 6 nitrogen and oxygen atoms in total. The molecule has 0 bridgehead atoms. The van der Waals surface area contributed by atoms with Crippen molar-refractivity contribution in [1.82, 2.24) is 20.1 Å². The fourth-order valence-corrected chi connectivity index (χ4v) is 6.09. The molecule has 3 amide bonds. The number of fused-ring (bicyclic) bond motifs is 1. The second-order valence-electron chi connectivity index (χ2n) is 8.29. The number of piperidine rings is 1. The molecule has 1 aliphatic carbocycles. The molecule has 2 aliphatic heterocycles. The Bertz CT molecular complexity index is 872. The molecular formula is C21H26N4O2S. The van der Waals surface area contributed by atoms with E-state index < -0.39 is 5.54 Å². The van der Waals surface area contributed by atoms with E-state index >= 15 is 0 Å². The molecule has 1 atom stereocenters. The zero-order valence-electron chi connectivity index (χ0n) is 16.0. The second kappa shape index (κ2) is 7.12. The number of urea groups is 1. The van der Waals surface area contributed by atoms with Gasteiger partial charge in [0.1, 0.15) is 10.5 Å². The predicted octanol–water partition coefficient (Wildman–Crippen LogP) is 4.04. The third-order valence-electron chi connectivity index (χ3n) is 6.49. The topological polar surface area (TPSA) is 65.5 Å². The molecule has 7 heteroatoms. The smallest absolute Gasteiger partial charge is 0.323 e. The highest BCUT2D eigenvalue weighted by Crippen LogP contribution is 2.38. The summed E-state index contributed by atoms with van der Waals surface area (Å²) in [6.07, 6.45) is 7.99. The minimum Gasteiger partial charge on any atom is -0.323 e. The molecule has 5 rings (SSSR count). The van der Waals surface area contributed by atoms with Gasteiger partial charge in [-0.05, 0) is 37.8 Å². The lowest BCUT2D eigenvalue weighted by molar-refractivity contribution is -0.134. The molecule has 3 fully saturated rings. The quantitative estimate of drug-likeness (QED) is 0.793. The maximum absolute atomic E-state index is 13.2. The van der Waals surface area contributed by atoms with E-state index in [0.717, 1.165) is 68.4 Å². The third kappa shape index (κ3) is 3.01. The van der Waals surface area contributed by atoms with E-state index in [4.69, 9.17) is 4.98 Å². The number of carbonyl (C=O) groups excluding carboxylic acids is 2. The van der Waals surface area contributed by atoms with Crippen molar-refractivity contribution in [1.29, 1.82) is 0 Å². The highest BCUT2D eigenvalue weighted by atomic mass is 32.1. The first-order valence-corrected chi connectivity index (χ1v) is 11.2. The van der Waals surface area contributed by atoms with Gasteiger partial charge in [-0.15, -0.1) is 11.3 Å². The summed E-state index contributed by atoms with van der Waals surface area (Å²) in [4.78, 5) is 34.4. The number of imide groups is 1. The van der Waals surface area contributed by atoms with Crippen LogP contribution in [0.1, 0.15) is 62.4 Å². The number of nitrogens with zero attached hydrogens (tertiary/aromatic N) is 3. The number of aromatic nitrogens is 1. The number of nitrogens with one attached hydrogen (secondary N) is 1. The fraction of sp³-hybridized carbons (Fsp3) is 0.571. The number of para-hydroxylation sites is 1.